The van der Waals surface area contributed by atoms with Crippen LogP contribution in [0.25, 0.3) is 0 Å². The first-order chi connectivity index (χ1) is 6.81. The van der Waals surface area contributed by atoms with Gasteiger partial charge in [0.2, 0.25) is 0 Å². The molecule has 1 heterocycles. The average Bonchev–Trinajstić information content (AvgIpc) is 2.98. The normalized spacial score (nSPS) is 24.4. The molecule has 2 atom stereocenters. The summed E-state index contributed by atoms with van der Waals surface area (Å²) < 4.78 is 4.60. The summed E-state index contributed by atoms with van der Waals surface area (Å²) in [6.45, 7) is 1.36. The molecule has 1 aliphatic rings. The summed E-state index contributed by atoms with van der Waals surface area (Å²) in [4.78, 5) is 13.1. The van der Waals surface area contributed by atoms with E-state index in [9.17, 15) is 4.79 Å². The van der Waals surface area contributed by atoms with Gasteiger partial charge in [-0.3, -0.25) is 9.69 Å². The fourth-order valence-electron chi connectivity index (χ4n) is 1.57. The second-order valence-electron chi connectivity index (χ2n) is 3.43. The Morgan fingerprint density at radius 2 is 2.21 bits per heavy atom. The molecule has 0 spiro atoms. The second-order valence-corrected chi connectivity index (χ2v) is 3.43. The van der Waals surface area contributed by atoms with Gasteiger partial charge < -0.3 is 4.74 Å². The molecule has 0 radical (unpaired) electrons. The zero-order valence-corrected chi connectivity index (χ0v) is 8.14. The lowest BCUT2D eigenvalue weighted by molar-refractivity contribution is -0.140. The summed E-state index contributed by atoms with van der Waals surface area (Å²) >= 11 is 0. The highest BCUT2D eigenvalue weighted by atomic mass is 16.5. The maximum absolute atomic E-state index is 11.0. The number of carbonyl (C=O) groups excluding carboxylic acids is 1. The largest absolute Gasteiger partial charge is 0.468 e. The minimum Gasteiger partial charge on any atom is -0.468 e. The Hall–Kier alpha value is -1.35. The Bertz CT molecular complexity index is 323. The molecular weight excluding hydrogens is 178 g/mol. The first kappa shape index (κ1) is 9.21. The maximum Gasteiger partial charge on any atom is 0.319 e. The lowest BCUT2D eigenvalue weighted by Crippen LogP contribution is -2.14. The van der Waals surface area contributed by atoms with Crippen molar-refractivity contribution < 1.29 is 9.53 Å². The van der Waals surface area contributed by atoms with E-state index in [-0.39, 0.29) is 5.97 Å². The van der Waals surface area contributed by atoms with E-state index >= 15 is 0 Å². The van der Waals surface area contributed by atoms with Crippen molar-refractivity contribution in [2.75, 3.05) is 20.2 Å². The molecule has 1 aromatic rings. The Morgan fingerprint density at radius 3 is 2.86 bits per heavy atom. The van der Waals surface area contributed by atoms with Gasteiger partial charge >= 0.3 is 5.97 Å². The molecule has 14 heavy (non-hydrogen) atoms. The van der Waals surface area contributed by atoms with Crippen LogP contribution in [0.5, 0.6) is 0 Å². The van der Waals surface area contributed by atoms with E-state index in [2.05, 4.69) is 21.8 Å². The van der Waals surface area contributed by atoms with Crippen LogP contribution in [0.4, 0.5) is 0 Å². The van der Waals surface area contributed by atoms with Crippen LogP contribution in [0, 0.1) is 0 Å². The van der Waals surface area contributed by atoms with Crippen molar-refractivity contribution in [1.82, 2.24) is 4.90 Å². The van der Waals surface area contributed by atoms with Gasteiger partial charge in [-0.1, -0.05) is 30.3 Å². The van der Waals surface area contributed by atoms with Crippen LogP contribution in [0.1, 0.15) is 11.6 Å². The van der Waals surface area contributed by atoms with Crippen molar-refractivity contribution in [2.45, 2.75) is 6.04 Å². The number of benzene rings is 1. The van der Waals surface area contributed by atoms with Gasteiger partial charge in [0.25, 0.3) is 0 Å². The first-order valence-corrected chi connectivity index (χ1v) is 4.67. The molecule has 0 saturated carbocycles. The number of carbonyl (C=O) groups is 1. The van der Waals surface area contributed by atoms with Crippen LogP contribution in [0.15, 0.2) is 30.3 Å². The average molecular weight is 191 g/mol. The number of hydrogen-bond acceptors (Lipinski definition) is 3. The fraction of sp³-hybridized carbons (Fsp3) is 0.364. The number of rotatable bonds is 3. The lowest BCUT2D eigenvalue weighted by atomic mass is 10.2. The van der Waals surface area contributed by atoms with E-state index in [4.69, 9.17) is 0 Å². The van der Waals surface area contributed by atoms with Gasteiger partial charge in [-0.05, 0) is 5.56 Å². The molecule has 2 unspecified atom stereocenters. The molecule has 1 aliphatic heterocycles. The predicted molar refractivity (Wildman–Crippen MR) is 52.8 cm³/mol. The summed E-state index contributed by atoms with van der Waals surface area (Å²) in [5.41, 5.74) is 1.27. The molecule has 0 N–H and O–H groups in total. The van der Waals surface area contributed by atoms with Gasteiger partial charge in [0.1, 0.15) is 0 Å². The summed E-state index contributed by atoms with van der Waals surface area (Å²) in [7, 11) is 1.42. The SMILES string of the molecule is COC(=O)CN1CC1c1ccccc1. The maximum atomic E-state index is 11.0. The molecule has 0 aromatic heterocycles. The number of methoxy groups -OCH3 is 1. The molecule has 74 valence electrons. The molecule has 0 aliphatic carbocycles. The molecule has 1 fully saturated rings. The highest BCUT2D eigenvalue weighted by Crippen LogP contribution is 2.33. The van der Waals surface area contributed by atoms with Crippen LogP contribution < -0.4 is 0 Å². The summed E-state index contributed by atoms with van der Waals surface area (Å²) in [5, 5.41) is 0. The monoisotopic (exact) mass is 191 g/mol. The lowest BCUT2D eigenvalue weighted by Gasteiger charge is -2.01. The third-order valence-corrected chi connectivity index (χ3v) is 2.46. The van der Waals surface area contributed by atoms with Crippen LogP contribution in [-0.2, 0) is 9.53 Å². The molecule has 0 amide bonds. The smallest absolute Gasteiger partial charge is 0.319 e. The molecule has 3 heteroatoms. The van der Waals surface area contributed by atoms with Gasteiger partial charge in [-0.2, -0.15) is 0 Å². The summed E-state index contributed by atoms with van der Waals surface area (Å²) in [6, 6.07) is 10.6. The highest BCUT2D eigenvalue weighted by molar-refractivity contribution is 5.72. The summed E-state index contributed by atoms with van der Waals surface area (Å²) in [6.07, 6.45) is 0. The number of esters is 1. The van der Waals surface area contributed by atoms with E-state index in [1.165, 1.54) is 12.7 Å². The molecule has 3 nitrogen and oxygen atoms in total. The second kappa shape index (κ2) is 3.80. The third-order valence-electron chi connectivity index (χ3n) is 2.46. The van der Waals surface area contributed by atoms with E-state index in [1.54, 1.807) is 0 Å². The van der Waals surface area contributed by atoms with E-state index in [1.807, 2.05) is 18.2 Å². The van der Waals surface area contributed by atoms with Crippen LogP contribution >= 0.6 is 0 Å². The fourth-order valence-corrected chi connectivity index (χ4v) is 1.57. The van der Waals surface area contributed by atoms with Gasteiger partial charge in [0.05, 0.1) is 13.7 Å². The van der Waals surface area contributed by atoms with Crippen molar-refractivity contribution in [3.63, 3.8) is 0 Å². The number of ether oxygens (including phenoxy) is 1. The van der Waals surface area contributed by atoms with E-state index < -0.39 is 0 Å². The quantitative estimate of drug-likeness (QED) is 0.531. The molecule has 1 aromatic carbocycles. The number of nitrogens with zero attached hydrogens (tertiary/aromatic N) is 1. The predicted octanol–water partition coefficient (Wildman–Crippen LogP) is 1.22. The Labute approximate surface area is 83.3 Å². The van der Waals surface area contributed by atoms with Crippen LogP contribution in [-0.4, -0.2) is 31.1 Å². The van der Waals surface area contributed by atoms with Crippen LogP contribution in [0.2, 0.25) is 0 Å². The van der Waals surface area contributed by atoms with Gasteiger partial charge in [-0.15, -0.1) is 0 Å². The molecule has 2 rings (SSSR count). The minimum absolute atomic E-state index is 0.163. The number of hydrogen-bond donors (Lipinski definition) is 0. The summed E-state index contributed by atoms with van der Waals surface area (Å²) in [5.74, 6) is -0.163. The Morgan fingerprint density at radius 1 is 1.50 bits per heavy atom. The van der Waals surface area contributed by atoms with E-state index in [0.29, 0.717) is 12.6 Å². The molecule has 1 saturated heterocycles. The van der Waals surface area contributed by atoms with Crippen molar-refractivity contribution in [3.05, 3.63) is 35.9 Å². The highest BCUT2D eigenvalue weighted by Gasteiger charge is 2.36. The topological polar surface area (TPSA) is 29.3 Å². The van der Waals surface area contributed by atoms with Crippen molar-refractivity contribution in [1.29, 1.82) is 0 Å². The van der Waals surface area contributed by atoms with Gasteiger partial charge in [-0.25, -0.2) is 0 Å². The third kappa shape index (κ3) is 1.93. The van der Waals surface area contributed by atoms with Crippen LogP contribution in [0.3, 0.4) is 0 Å². The van der Waals surface area contributed by atoms with E-state index in [0.717, 1.165) is 6.54 Å². The van der Waals surface area contributed by atoms with Crippen molar-refractivity contribution >= 4 is 5.97 Å². The zero-order valence-electron chi connectivity index (χ0n) is 8.14. The van der Waals surface area contributed by atoms with Gasteiger partial charge in [0, 0.05) is 12.6 Å². The first-order valence-electron chi connectivity index (χ1n) is 4.67. The Balaban J connectivity index is 1.91. The van der Waals surface area contributed by atoms with Crippen molar-refractivity contribution in [2.24, 2.45) is 0 Å². The standard InChI is InChI=1S/C11H13NO2/c1-14-11(13)8-12-7-10(12)9-5-3-2-4-6-9/h2-6,10H,7-8H2,1H3. The zero-order chi connectivity index (χ0) is 9.97. The minimum atomic E-state index is -0.163. The van der Waals surface area contributed by atoms with Crippen molar-refractivity contribution in [3.8, 4) is 0 Å². The molecule has 0 bridgehead atoms. The van der Waals surface area contributed by atoms with Gasteiger partial charge in [0.15, 0.2) is 0 Å². The molecular formula is C11H13NO2. The Kier molecular flexibility index (Phi) is 2.50.